The number of anilines is 1. The zero-order valence-electron chi connectivity index (χ0n) is 16.8. The predicted octanol–water partition coefficient (Wildman–Crippen LogP) is 1.32. The van der Waals surface area contributed by atoms with Crippen LogP contribution in [0.15, 0.2) is 42.2 Å². The van der Waals surface area contributed by atoms with Crippen LogP contribution in [0.4, 0.5) is 14.6 Å². The minimum Gasteiger partial charge on any atom is -0.390 e. The molecular weight excluding hydrogens is 408 g/mol. The smallest absolute Gasteiger partial charge is 0.183 e. The number of hydrogen-bond donors (Lipinski definition) is 4. The molecule has 1 fully saturated rings. The Morgan fingerprint density at radius 2 is 2.03 bits per heavy atom. The molecule has 0 saturated carbocycles. The van der Waals surface area contributed by atoms with Crippen LogP contribution in [0.25, 0.3) is 0 Å². The third kappa shape index (κ3) is 5.47. The maximum atomic E-state index is 14.3. The number of benzene rings is 1. The largest absolute Gasteiger partial charge is 0.390 e. The van der Waals surface area contributed by atoms with Gasteiger partial charge >= 0.3 is 0 Å². The fraction of sp³-hybridized carbons (Fsp3) is 0.333. The van der Waals surface area contributed by atoms with E-state index in [0.717, 1.165) is 6.20 Å². The van der Waals surface area contributed by atoms with Gasteiger partial charge in [0.25, 0.3) is 0 Å². The van der Waals surface area contributed by atoms with E-state index < -0.39 is 23.8 Å². The third-order valence-electron chi connectivity index (χ3n) is 4.91. The first-order valence-corrected chi connectivity index (χ1v) is 9.68. The van der Waals surface area contributed by atoms with Crippen LogP contribution in [-0.4, -0.2) is 57.0 Å². The van der Waals surface area contributed by atoms with Gasteiger partial charge in [0.1, 0.15) is 11.5 Å². The summed E-state index contributed by atoms with van der Waals surface area (Å²) in [6.07, 6.45) is 0.427. The molecule has 1 aliphatic rings. The van der Waals surface area contributed by atoms with Gasteiger partial charge in [-0.1, -0.05) is 18.2 Å². The lowest BCUT2D eigenvalue weighted by Crippen LogP contribution is -2.47. The molecule has 0 amide bonds. The Morgan fingerprint density at radius 1 is 1.29 bits per heavy atom. The van der Waals surface area contributed by atoms with Crippen molar-refractivity contribution in [1.29, 1.82) is 5.41 Å². The van der Waals surface area contributed by atoms with Crippen LogP contribution in [-0.2, 0) is 11.3 Å². The van der Waals surface area contributed by atoms with Gasteiger partial charge in [-0.2, -0.15) is 0 Å². The van der Waals surface area contributed by atoms with Crippen molar-refractivity contribution in [3.05, 3.63) is 65.3 Å². The Labute approximate surface area is 177 Å². The second-order valence-corrected chi connectivity index (χ2v) is 7.21. The first-order chi connectivity index (χ1) is 14.8. The van der Waals surface area contributed by atoms with Crippen molar-refractivity contribution in [2.75, 3.05) is 18.0 Å². The summed E-state index contributed by atoms with van der Waals surface area (Å²) in [4.78, 5) is 21.3. The number of aliphatic hydroxyl groups is 2. The van der Waals surface area contributed by atoms with Crippen LogP contribution in [0.5, 0.6) is 0 Å². The molecule has 10 heteroatoms. The normalized spacial score (nSPS) is 19.3. The molecule has 1 aliphatic heterocycles. The van der Waals surface area contributed by atoms with Gasteiger partial charge in [0.2, 0.25) is 0 Å². The number of aliphatic hydroxyl groups excluding tert-OH is 2. The minimum absolute atomic E-state index is 0.0133. The number of ketones is 1. The van der Waals surface area contributed by atoms with Crippen molar-refractivity contribution in [2.24, 2.45) is 0 Å². The Kier molecular flexibility index (Phi) is 7.03. The van der Waals surface area contributed by atoms with E-state index in [1.807, 2.05) is 0 Å². The van der Waals surface area contributed by atoms with Crippen molar-refractivity contribution in [3.63, 3.8) is 0 Å². The molecule has 1 aromatic carbocycles. The molecule has 0 aliphatic carbocycles. The van der Waals surface area contributed by atoms with Crippen molar-refractivity contribution in [3.8, 4) is 0 Å². The minimum atomic E-state index is -1.04. The van der Waals surface area contributed by atoms with Gasteiger partial charge in [-0.3, -0.25) is 10.2 Å². The van der Waals surface area contributed by atoms with Crippen LogP contribution in [0.3, 0.4) is 0 Å². The topological polar surface area (TPSA) is 122 Å². The number of aromatic nitrogens is 2. The Hall–Kier alpha value is -3.24. The van der Waals surface area contributed by atoms with Gasteiger partial charge in [0, 0.05) is 32.1 Å². The second-order valence-electron chi connectivity index (χ2n) is 7.21. The second kappa shape index (κ2) is 9.71. The Balaban J connectivity index is 1.79. The molecule has 8 nitrogen and oxygen atoms in total. The Morgan fingerprint density at radius 3 is 2.71 bits per heavy atom. The van der Waals surface area contributed by atoms with E-state index in [4.69, 9.17) is 5.41 Å². The molecule has 4 N–H and O–H groups in total. The van der Waals surface area contributed by atoms with E-state index in [1.54, 1.807) is 18.2 Å². The summed E-state index contributed by atoms with van der Waals surface area (Å²) in [5.74, 6) is -1.75. The molecule has 3 rings (SSSR count). The lowest BCUT2D eigenvalue weighted by Gasteiger charge is -2.34. The quantitative estimate of drug-likeness (QED) is 0.385. The van der Waals surface area contributed by atoms with Crippen LogP contribution >= 0.6 is 0 Å². The fourth-order valence-corrected chi connectivity index (χ4v) is 3.14. The molecule has 2 aromatic rings. The monoisotopic (exact) mass is 431 g/mol. The number of nitrogens with zero attached hydrogens (tertiary/aromatic N) is 3. The van der Waals surface area contributed by atoms with Crippen molar-refractivity contribution in [1.82, 2.24) is 15.3 Å². The van der Waals surface area contributed by atoms with Crippen LogP contribution in [0.1, 0.15) is 24.7 Å². The van der Waals surface area contributed by atoms with Crippen molar-refractivity contribution in [2.45, 2.75) is 32.1 Å². The summed E-state index contributed by atoms with van der Waals surface area (Å²) in [7, 11) is 0. The van der Waals surface area contributed by atoms with Crippen LogP contribution < -0.4 is 10.2 Å². The Bertz CT molecular complexity index is 1010. The summed E-state index contributed by atoms with van der Waals surface area (Å²) in [5, 5.41) is 30.5. The number of β-amino-alcohol motifs (C(OH)–C–C–N with tert-alkyl or cyclic N) is 1. The van der Waals surface area contributed by atoms with Gasteiger partial charge in [0.15, 0.2) is 23.2 Å². The predicted molar refractivity (Wildman–Crippen MR) is 110 cm³/mol. The molecule has 1 saturated heterocycles. The molecule has 0 radical (unpaired) electrons. The molecule has 2 heterocycles. The maximum Gasteiger partial charge on any atom is 0.183 e. The SMILES string of the molecule is CC(=O)/C(=C/C(=N)c1ncc(F)c(N2CC[C@H](O)[C@H](O)C2)n1)NCc1ccccc1F. The summed E-state index contributed by atoms with van der Waals surface area (Å²) in [6.45, 7) is 1.60. The van der Waals surface area contributed by atoms with Gasteiger partial charge in [-0.25, -0.2) is 18.7 Å². The van der Waals surface area contributed by atoms with Gasteiger partial charge in [0.05, 0.1) is 24.1 Å². The molecule has 0 unspecified atom stereocenters. The van der Waals surface area contributed by atoms with E-state index >= 15 is 0 Å². The summed E-state index contributed by atoms with van der Waals surface area (Å²) in [5.41, 5.74) is 0.164. The highest BCUT2D eigenvalue weighted by Gasteiger charge is 2.28. The van der Waals surface area contributed by atoms with Gasteiger partial charge in [-0.15, -0.1) is 0 Å². The number of nitrogens with one attached hydrogen (secondary N) is 2. The van der Waals surface area contributed by atoms with Crippen molar-refractivity contribution < 1.29 is 23.8 Å². The molecule has 164 valence electrons. The lowest BCUT2D eigenvalue weighted by molar-refractivity contribution is -0.114. The van der Waals surface area contributed by atoms with Crippen LogP contribution in [0, 0.1) is 17.0 Å². The number of halogens is 2. The highest BCUT2D eigenvalue weighted by molar-refractivity contribution is 6.09. The summed E-state index contributed by atoms with van der Waals surface area (Å²) >= 11 is 0. The van der Waals surface area contributed by atoms with Crippen molar-refractivity contribution >= 4 is 17.3 Å². The molecule has 1 aromatic heterocycles. The average molecular weight is 431 g/mol. The highest BCUT2D eigenvalue weighted by Crippen LogP contribution is 2.21. The average Bonchev–Trinajstić information content (AvgIpc) is 2.74. The molecule has 31 heavy (non-hydrogen) atoms. The van der Waals surface area contributed by atoms with Crippen LogP contribution in [0.2, 0.25) is 0 Å². The standard InChI is InChI=1S/C21H23F2N5O3/c1-12(29)17(25-9-13-4-2-3-5-14(13)22)8-16(24)20-26-10-15(23)21(27-20)28-7-6-18(30)19(31)11-28/h2-5,8,10,18-19,24-25,30-31H,6-7,9,11H2,1H3/b17-8-,24-16?/t18-,19+/m0/s1. The zero-order chi connectivity index (χ0) is 22.5. The highest BCUT2D eigenvalue weighted by atomic mass is 19.1. The first-order valence-electron chi connectivity index (χ1n) is 9.68. The molecule has 2 atom stereocenters. The number of allylic oxidation sites excluding steroid dienone is 2. The molecule has 0 bridgehead atoms. The number of carbonyl (C=O) groups is 1. The van der Waals surface area contributed by atoms with E-state index in [0.29, 0.717) is 5.56 Å². The molecular formula is C21H23F2N5O3. The summed E-state index contributed by atoms with van der Waals surface area (Å²) in [6, 6.07) is 6.11. The number of rotatable bonds is 7. The number of hydrogen-bond acceptors (Lipinski definition) is 8. The van der Waals surface area contributed by atoms with Gasteiger partial charge < -0.3 is 20.4 Å². The zero-order valence-corrected chi connectivity index (χ0v) is 16.8. The number of piperidine rings is 1. The molecule has 0 spiro atoms. The third-order valence-corrected chi connectivity index (χ3v) is 4.91. The van der Waals surface area contributed by atoms with E-state index in [9.17, 15) is 23.8 Å². The summed E-state index contributed by atoms with van der Waals surface area (Å²) < 4.78 is 28.1. The van der Waals surface area contributed by atoms with E-state index in [-0.39, 0.29) is 54.9 Å². The van der Waals surface area contributed by atoms with E-state index in [2.05, 4.69) is 15.3 Å². The fourth-order valence-electron chi connectivity index (χ4n) is 3.14. The lowest BCUT2D eigenvalue weighted by atomic mass is 10.1. The number of Topliss-reactive ketones (excluding diaryl/α,β-unsaturated/α-hetero) is 1. The van der Waals surface area contributed by atoms with Gasteiger partial charge in [-0.05, 0) is 18.6 Å². The number of carbonyl (C=O) groups excluding carboxylic acids is 1. The van der Waals surface area contributed by atoms with E-state index in [1.165, 1.54) is 24.0 Å². The maximum absolute atomic E-state index is 14.3. The first kappa shape index (κ1) is 22.4.